The second-order valence-corrected chi connectivity index (χ2v) is 7.48. The molecule has 0 bridgehead atoms. The molecule has 2 N–H and O–H groups in total. The van der Waals surface area contributed by atoms with Crippen LogP contribution in [0.2, 0.25) is 0 Å². The molecule has 0 aromatic carbocycles. The highest BCUT2D eigenvalue weighted by molar-refractivity contribution is 7.20. The van der Waals surface area contributed by atoms with E-state index < -0.39 is 29.1 Å². The summed E-state index contributed by atoms with van der Waals surface area (Å²) in [6, 6.07) is 4.33. The summed E-state index contributed by atoms with van der Waals surface area (Å²) in [6.07, 6.45) is 0.190. The number of nitrogens with zero attached hydrogens (tertiary/aromatic N) is 2. The molecular weight excluding hydrogens is 395 g/mol. The molecule has 3 aromatic heterocycles. The van der Waals surface area contributed by atoms with Crippen molar-refractivity contribution in [3.8, 4) is 0 Å². The molecule has 3 aromatic rings. The number of hydrogen-bond donors (Lipinski definition) is 2. The van der Waals surface area contributed by atoms with Gasteiger partial charge in [0, 0.05) is 12.3 Å². The molecule has 0 saturated heterocycles. The predicted octanol–water partition coefficient (Wildman–Crippen LogP) is 3.42. The average molecular weight is 408 g/mol. The van der Waals surface area contributed by atoms with E-state index in [4.69, 9.17) is 4.74 Å². The predicted molar refractivity (Wildman–Crippen MR) is 98.7 cm³/mol. The van der Waals surface area contributed by atoms with Crippen LogP contribution in [0.1, 0.15) is 34.0 Å². The number of hydrogen-bond acceptors (Lipinski definition) is 8. The number of thiazole rings is 1. The van der Waals surface area contributed by atoms with E-state index in [9.17, 15) is 18.8 Å². The number of amides is 3. The van der Waals surface area contributed by atoms with Crippen LogP contribution in [0.5, 0.6) is 0 Å². The van der Waals surface area contributed by atoms with Gasteiger partial charge in [0.15, 0.2) is 10.1 Å². The Morgan fingerprint density at radius 2 is 2.00 bits per heavy atom. The van der Waals surface area contributed by atoms with Crippen molar-refractivity contribution in [3.63, 3.8) is 0 Å². The lowest BCUT2D eigenvalue weighted by atomic mass is 10.3. The molecular formula is C16H13FN4O4S2. The van der Waals surface area contributed by atoms with Gasteiger partial charge in [-0.2, -0.15) is 4.39 Å². The minimum Gasteiger partial charge on any atom is -0.447 e. The normalized spacial score (nSPS) is 10.8. The third kappa shape index (κ3) is 4.44. The minimum absolute atomic E-state index is 0.0421. The lowest BCUT2D eigenvalue weighted by Crippen LogP contribution is -2.33. The van der Waals surface area contributed by atoms with Gasteiger partial charge < -0.3 is 10.1 Å². The average Bonchev–Trinajstić information content (AvgIpc) is 3.17. The number of nitrogens with one attached hydrogen (secondary N) is 2. The van der Waals surface area contributed by atoms with E-state index in [0.717, 1.165) is 17.4 Å². The minimum atomic E-state index is -0.962. The van der Waals surface area contributed by atoms with Crippen molar-refractivity contribution in [2.24, 2.45) is 0 Å². The number of carbonyl (C=O) groups is 3. The van der Waals surface area contributed by atoms with Gasteiger partial charge in [-0.3, -0.25) is 14.9 Å². The third-order valence-corrected chi connectivity index (χ3v) is 4.91. The van der Waals surface area contributed by atoms with Crippen molar-refractivity contribution < 1.29 is 23.5 Å². The fourth-order valence-electron chi connectivity index (χ4n) is 2.05. The molecule has 140 valence electrons. The number of aromatic nitrogens is 2. The van der Waals surface area contributed by atoms with Gasteiger partial charge in [0.2, 0.25) is 0 Å². The van der Waals surface area contributed by atoms with Crippen molar-refractivity contribution in [1.29, 1.82) is 0 Å². The highest BCUT2D eigenvalue weighted by Gasteiger charge is 2.22. The standard InChI is InChI=1S/C16H13FN4O4S2/c1-7(2)25-16(24)21-11(22)8-6-10(17)26-13(8)20-12(23)15-19-9-4-3-5-18-14(9)27-15/h3-7H,1-2H3,(H,20,23)(H,21,22,24). The summed E-state index contributed by atoms with van der Waals surface area (Å²) >= 11 is 1.63. The second kappa shape index (κ2) is 7.76. The number of ether oxygens (including phenoxy) is 1. The van der Waals surface area contributed by atoms with E-state index in [1.54, 1.807) is 32.2 Å². The summed E-state index contributed by atoms with van der Waals surface area (Å²) in [7, 11) is 0. The molecule has 0 aliphatic carbocycles. The Hall–Kier alpha value is -2.92. The van der Waals surface area contributed by atoms with Crippen molar-refractivity contribution >= 4 is 55.9 Å². The van der Waals surface area contributed by atoms with Crippen LogP contribution >= 0.6 is 22.7 Å². The Kier molecular flexibility index (Phi) is 5.42. The van der Waals surface area contributed by atoms with Gasteiger partial charge in [-0.1, -0.05) is 22.7 Å². The van der Waals surface area contributed by atoms with Crippen molar-refractivity contribution in [1.82, 2.24) is 15.3 Å². The number of pyridine rings is 1. The smallest absolute Gasteiger partial charge is 0.414 e. The maximum Gasteiger partial charge on any atom is 0.414 e. The number of rotatable bonds is 4. The molecule has 8 nitrogen and oxygen atoms in total. The number of halogens is 1. The Bertz CT molecular complexity index is 998. The SMILES string of the molecule is CC(C)OC(=O)NC(=O)c1cc(F)sc1NC(=O)c1nc2cccnc2s1. The molecule has 0 aliphatic heterocycles. The highest BCUT2D eigenvalue weighted by Crippen LogP contribution is 2.28. The van der Waals surface area contributed by atoms with Crippen LogP contribution in [0, 0.1) is 5.13 Å². The molecule has 3 heterocycles. The van der Waals surface area contributed by atoms with E-state index in [0.29, 0.717) is 21.7 Å². The maximum absolute atomic E-state index is 13.7. The van der Waals surface area contributed by atoms with Crippen LogP contribution in [0.25, 0.3) is 10.3 Å². The van der Waals surface area contributed by atoms with Crippen molar-refractivity contribution in [3.05, 3.63) is 40.1 Å². The Morgan fingerprint density at radius 3 is 2.70 bits per heavy atom. The van der Waals surface area contributed by atoms with E-state index in [1.807, 2.05) is 5.32 Å². The largest absolute Gasteiger partial charge is 0.447 e. The number of thiophene rings is 1. The van der Waals surface area contributed by atoms with Gasteiger partial charge in [0.05, 0.1) is 11.7 Å². The maximum atomic E-state index is 13.7. The highest BCUT2D eigenvalue weighted by atomic mass is 32.1. The van der Waals surface area contributed by atoms with Crippen LogP contribution in [0.3, 0.4) is 0 Å². The molecule has 11 heteroatoms. The molecule has 0 aliphatic rings. The van der Waals surface area contributed by atoms with E-state index in [-0.39, 0.29) is 15.6 Å². The molecule has 0 unspecified atom stereocenters. The number of carbonyl (C=O) groups excluding carboxylic acids is 3. The van der Waals surface area contributed by atoms with Gasteiger partial charge >= 0.3 is 6.09 Å². The zero-order valence-corrected chi connectivity index (χ0v) is 15.7. The lowest BCUT2D eigenvalue weighted by Gasteiger charge is -2.09. The van der Waals surface area contributed by atoms with Crippen LogP contribution < -0.4 is 10.6 Å². The van der Waals surface area contributed by atoms with E-state index >= 15 is 0 Å². The van der Waals surface area contributed by atoms with Crippen LogP contribution in [-0.4, -0.2) is 34.0 Å². The zero-order valence-electron chi connectivity index (χ0n) is 14.1. The Balaban J connectivity index is 1.78. The monoisotopic (exact) mass is 408 g/mol. The molecule has 3 amide bonds. The first kappa shape index (κ1) is 18.9. The summed E-state index contributed by atoms with van der Waals surface area (Å²) in [6.45, 7) is 3.24. The summed E-state index contributed by atoms with van der Waals surface area (Å²) in [5.41, 5.74) is 0.366. The first-order valence-electron chi connectivity index (χ1n) is 7.67. The zero-order chi connectivity index (χ0) is 19.6. The molecule has 0 spiro atoms. The fraction of sp³-hybridized carbons (Fsp3) is 0.188. The van der Waals surface area contributed by atoms with Gasteiger partial charge in [-0.25, -0.2) is 14.8 Å². The number of alkyl carbamates (subject to hydrolysis) is 1. The summed E-state index contributed by atoms with van der Waals surface area (Å²) in [5, 5.41) is 3.81. The van der Waals surface area contributed by atoms with Crippen molar-refractivity contribution in [2.45, 2.75) is 20.0 Å². The topological polar surface area (TPSA) is 110 Å². The van der Waals surface area contributed by atoms with Crippen LogP contribution in [-0.2, 0) is 4.74 Å². The molecule has 0 fully saturated rings. The summed E-state index contributed by atoms with van der Waals surface area (Å²) in [4.78, 5) is 45.0. The van der Waals surface area contributed by atoms with E-state index in [2.05, 4.69) is 15.3 Å². The number of anilines is 1. The molecule has 0 atom stereocenters. The van der Waals surface area contributed by atoms with Gasteiger partial charge in [-0.15, -0.1) is 0 Å². The Labute approximate surface area is 160 Å². The van der Waals surface area contributed by atoms with Gasteiger partial charge in [-0.05, 0) is 26.0 Å². The van der Waals surface area contributed by atoms with Crippen molar-refractivity contribution in [2.75, 3.05) is 5.32 Å². The molecule has 27 heavy (non-hydrogen) atoms. The third-order valence-electron chi connectivity index (χ3n) is 3.09. The van der Waals surface area contributed by atoms with Crippen LogP contribution in [0.15, 0.2) is 24.4 Å². The first-order valence-corrected chi connectivity index (χ1v) is 9.31. The second-order valence-electron chi connectivity index (χ2n) is 5.50. The lowest BCUT2D eigenvalue weighted by molar-refractivity contribution is 0.0877. The van der Waals surface area contributed by atoms with Gasteiger partial charge in [0.1, 0.15) is 15.3 Å². The molecule has 0 radical (unpaired) electrons. The molecule has 0 saturated carbocycles. The summed E-state index contributed by atoms with van der Waals surface area (Å²) in [5.74, 6) is -1.50. The van der Waals surface area contributed by atoms with Crippen LogP contribution in [0.4, 0.5) is 14.2 Å². The number of fused-ring (bicyclic) bond motifs is 1. The molecule has 3 rings (SSSR count). The fourth-order valence-corrected chi connectivity index (χ4v) is 3.63. The number of imide groups is 1. The van der Waals surface area contributed by atoms with Gasteiger partial charge in [0.25, 0.3) is 11.8 Å². The van der Waals surface area contributed by atoms with E-state index in [1.165, 1.54) is 0 Å². The summed E-state index contributed by atoms with van der Waals surface area (Å²) < 4.78 is 18.5. The quantitative estimate of drug-likeness (QED) is 0.684. The first-order chi connectivity index (χ1) is 12.8. The Morgan fingerprint density at radius 1 is 1.22 bits per heavy atom.